The van der Waals surface area contributed by atoms with Crippen LogP contribution in [0.1, 0.15) is 20.3 Å². The summed E-state index contributed by atoms with van der Waals surface area (Å²) in [5.41, 5.74) is 0.547. The van der Waals surface area contributed by atoms with Gasteiger partial charge in [-0.1, -0.05) is 12.1 Å². The molecule has 1 N–H and O–H groups in total. The fourth-order valence-corrected chi connectivity index (χ4v) is 3.37. The number of carbonyl (C=O) groups excluding carboxylic acids is 1. The maximum Gasteiger partial charge on any atom is 0.261 e. The molecule has 7 heteroatoms. The van der Waals surface area contributed by atoms with E-state index in [1.165, 1.54) is 10.9 Å². The zero-order valence-corrected chi connectivity index (χ0v) is 15.5. The van der Waals surface area contributed by atoms with Gasteiger partial charge in [-0.2, -0.15) is 0 Å². The third kappa shape index (κ3) is 3.94. The van der Waals surface area contributed by atoms with Crippen molar-refractivity contribution >= 4 is 16.8 Å². The summed E-state index contributed by atoms with van der Waals surface area (Å²) in [6.45, 7) is 6.17. The molecule has 2 heterocycles. The second kappa shape index (κ2) is 7.97. The maximum absolute atomic E-state index is 12.5. The van der Waals surface area contributed by atoms with Gasteiger partial charge in [0.25, 0.3) is 5.56 Å². The minimum absolute atomic E-state index is 0.00796. The van der Waals surface area contributed by atoms with Gasteiger partial charge in [0.1, 0.15) is 0 Å². The number of hydrogen-bond acceptors (Lipinski definition) is 5. The molecule has 1 aromatic heterocycles. The molecule has 26 heavy (non-hydrogen) atoms. The van der Waals surface area contributed by atoms with E-state index in [4.69, 9.17) is 4.74 Å². The first-order valence-electron chi connectivity index (χ1n) is 9.00. The molecule has 0 aliphatic carbocycles. The highest BCUT2D eigenvalue weighted by molar-refractivity contribution is 5.77. The number of para-hydroxylation sites is 1. The average Bonchev–Trinajstić information content (AvgIpc) is 3.04. The van der Waals surface area contributed by atoms with Gasteiger partial charge in [0.05, 0.1) is 29.4 Å². The SMILES string of the molecule is CO[C@@H]1CN(C(C)C)C[C@H]1NC(=O)CCn1cnc2ccccc2c1=O. The predicted octanol–water partition coefficient (Wildman–Crippen LogP) is 1.01. The second-order valence-electron chi connectivity index (χ2n) is 7.01. The van der Waals surface area contributed by atoms with E-state index in [-0.39, 0.29) is 30.0 Å². The molecule has 1 aliphatic heterocycles. The molecule has 0 unspecified atom stereocenters. The number of nitrogens with one attached hydrogen (secondary N) is 1. The number of ether oxygens (including phenoxy) is 1. The number of nitrogens with zero attached hydrogens (tertiary/aromatic N) is 3. The number of hydrogen-bond donors (Lipinski definition) is 1. The van der Waals surface area contributed by atoms with E-state index >= 15 is 0 Å². The van der Waals surface area contributed by atoms with Crippen molar-refractivity contribution in [1.29, 1.82) is 0 Å². The number of fused-ring (bicyclic) bond motifs is 1. The lowest BCUT2D eigenvalue weighted by Gasteiger charge is -2.20. The van der Waals surface area contributed by atoms with E-state index in [0.29, 0.717) is 23.5 Å². The van der Waals surface area contributed by atoms with Gasteiger partial charge < -0.3 is 10.1 Å². The number of aromatic nitrogens is 2. The molecule has 140 valence electrons. The van der Waals surface area contributed by atoms with Gasteiger partial charge in [0.15, 0.2) is 0 Å². The van der Waals surface area contributed by atoms with Gasteiger partial charge in [0, 0.05) is 39.2 Å². The van der Waals surface area contributed by atoms with E-state index in [1.807, 2.05) is 12.1 Å². The summed E-state index contributed by atoms with van der Waals surface area (Å²) in [7, 11) is 1.67. The minimum atomic E-state index is -0.120. The first-order valence-corrected chi connectivity index (χ1v) is 9.00. The quantitative estimate of drug-likeness (QED) is 0.834. The Labute approximate surface area is 153 Å². The molecule has 3 rings (SSSR count). The van der Waals surface area contributed by atoms with Gasteiger partial charge in [-0.15, -0.1) is 0 Å². The van der Waals surface area contributed by atoms with Crippen molar-refractivity contribution in [3.8, 4) is 0 Å². The molecule has 7 nitrogen and oxygen atoms in total. The van der Waals surface area contributed by atoms with Crippen LogP contribution in [0.3, 0.4) is 0 Å². The number of aryl methyl sites for hydroxylation is 1. The van der Waals surface area contributed by atoms with Crippen LogP contribution in [0.15, 0.2) is 35.4 Å². The molecule has 1 amide bonds. The summed E-state index contributed by atoms with van der Waals surface area (Å²) >= 11 is 0. The van der Waals surface area contributed by atoms with Crippen LogP contribution in [-0.2, 0) is 16.1 Å². The van der Waals surface area contributed by atoms with Gasteiger partial charge in [-0.25, -0.2) is 4.98 Å². The first-order chi connectivity index (χ1) is 12.5. The van der Waals surface area contributed by atoms with Crippen LogP contribution in [0, 0.1) is 0 Å². The predicted molar refractivity (Wildman–Crippen MR) is 100 cm³/mol. The van der Waals surface area contributed by atoms with Crippen LogP contribution < -0.4 is 10.9 Å². The molecule has 1 aliphatic rings. The number of rotatable bonds is 6. The molecule has 0 bridgehead atoms. The molecule has 0 saturated carbocycles. The summed E-state index contributed by atoms with van der Waals surface area (Å²) in [6.07, 6.45) is 1.73. The third-order valence-corrected chi connectivity index (χ3v) is 4.99. The molecule has 1 saturated heterocycles. The Morgan fingerprint density at radius 1 is 1.35 bits per heavy atom. The average molecular weight is 358 g/mol. The van der Waals surface area contributed by atoms with Crippen LogP contribution in [-0.4, -0.2) is 58.7 Å². The Morgan fingerprint density at radius 3 is 2.85 bits per heavy atom. The van der Waals surface area contributed by atoms with Crippen LogP contribution >= 0.6 is 0 Å². The molecule has 1 fully saturated rings. The zero-order valence-electron chi connectivity index (χ0n) is 15.5. The van der Waals surface area contributed by atoms with Crippen LogP contribution in [0.2, 0.25) is 0 Å². The Morgan fingerprint density at radius 2 is 2.12 bits per heavy atom. The smallest absolute Gasteiger partial charge is 0.261 e. The fourth-order valence-electron chi connectivity index (χ4n) is 3.37. The second-order valence-corrected chi connectivity index (χ2v) is 7.01. The Bertz CT molecular complexity index is 833. The van der Waals surface area contributed by atoms with Crippen molar-refractivity contribution in [2.24, 2.45) is 0 Å². The normalized spacial score (nSPS) is 20.8. The Kier molecular flexibility index (Phi) is 5.68. The van der Waals surface area contributed by atoms with E-state index in [9.17, 15) is 9.59 Å². The zero-order chi connectivity index (χ0) is 18.7. The van der Waals surface area contributed by atoms with Crippen molar-refractivity contribution in [2.45, 2.75) is 45.0 Å². The molecule has 0 radical (unpaired) electrons. The van der Waals surface area contributed by atoms with Crippen LogP contribution in [0.25, 0.3) is 10.9 Å². The molecular weight excluding hydrogens is 332 g/mol. The highest BCUT2D eigenvalue weighted by atomic mass is 16.5. The van der Waals surface area contributed by atoms with Crippen molar-refractivity contribution in [1.82, 2.24) is 19.8 Å². The van der Waals surface area contributed by atoms with Crippen LogP contribution in [0.5, 0.6) is 0 Å². The fraction of sp³-hybridized carbons (Fsp3) is 0.526. The monoisotopic (exact) mass is 358 g/mol. The Balaban J connectivity index is 1.61. The lowest BCUT2D eigenvalue weighted by atomic mass is 10.2. The highest BCUT2D eigenvalue weighted by Gasteiger charge is 2.34. The molecule has 1 aromatic carbocycles. The molecule has 0 spiro atoms. The van der Waals surface area contributed by atoms with E-state index in [1.54, 1.807) is 19.2 Å². The Hall–Kier alpha value is -2.25. The molecule has 2 atom stereocenters. The van der Waals surface area contributed by atoms with Gasteiger partial charge in [-0.05, 0) is 26.0 Å². The number of benzene rings is 1. The minimum Gasteiger partial charge on any atom is -0.378 e. The lowest BCUT2D eigenvalue weighted by Crippen LogP contribution is -2.44. The largest absolute Gasteiger partial charge is 0.378 e. The number of likely N-dealkylation sites (tertiary alicyclic amines) is 1. The maximum atomic E-state index is 12.5. The summed E-state index contributed by atoms with van der Waals surface area (Å²) in [5, 5.41) is 3.62. The van der Waals surface area contributed by atoms with Crippen molar-refractivity contribution in [3.05, 3.63) is 40.9 Å². The summed E-state index contributed by atoms with van der Waals surface area (Å²) in [5.74, 6) is -0.0808. The standard InChI is InChI=1S/C19H26N4O3/c1-13(2)23-10-16(17(11-23)26-3)21-18(24)8-9-22-12-20-15-7-5-4-6-14(15)19(22)25/h4-7,12-13,16-17H,8-11H2,1-3H3,(H,21,24)/t16-,17-/m1/s1. The van der Waals surface area contributed by atoms with Gasteiger partial charge in [0.2, 0.25) is 5.91 Å². The number of methoxy groups -OCH3 is 1. The third-order valence-electron chi connectivity index (χ3n) is 4.99. The van der Waals surface area contributed by atoms with E-state index < -0.39 is 0 Å². The molecule has 2 aromatic rings. The first kappa shape index (κ1) is 18.5. The topological polar surface area (TPSA) is 76.5 Å². The summed E-state index contributed by atoms with van der Waals surface area (Å²) in [6, 6.07) is 7.61. The summed E-state index contributed by atoms with van der Waals surface area (Å²) < 4.78 is 7.00. The van der Waals surface area contributed by atoms with Crippen molar-refractivity contribution < 1.29 is 9.53 Å². The van der Waals surface area contributed by atoms with Gasteiger partial charge in [-0.3, -0.25) is 19.1 Å². The van der Waals surface area contributed by atoms with E-state index in [2.05, 4.69) is 29.0 Å². The van der Waals surface area contributed by atoms with Crippen LogP contribution in [0.4, 0.5) is 0 Å². The van der Waals surface area contributed by atoms with Crippen molar-refractivity contribution in [2.75, 3.05) is 20.2 Å². The molecular formula is C19H26N4O3. The number of carbonyl (C=O) groups is 1. The highest BCUT2D eigenvalue weighted by Crippen LogP contribution is 2.16. The number of amides is 1. The van der Waals surface area contributed by atoms with Gasteiger partial charge >= 0.3 is 0 Å². The van der Waals surface area contributed by atoms with E-state index in [0.717, 1.165) is 13.1 Å². The lowest BCUT2D eigenvalue weighted by molar-refractivity contribution is -0.122. The summed E-state index contributed by atoms with van der Waals surface area (Å²) in [4.78, 5) is 31.4. The van der Waals surface area contributed by atoms with Crippen molar-refractivity contribution in [3.63, 3.8) is 0 Å².